The lowest BCUT2D eigenvalue weighted by Crippen LogP contribution is -2.10. The molecule has 0 amide bonds. The molecule has 0 fully saturated rings. The van der Waals surface area contributed by atoms with Gasteiger partial charge >= 0.3 is 0 Å². The molecule has 1 aliphatic carbocycles. The molecule has 0 radical (unpaired) electrons. The van der Waals surface area contributed by atoms with Crippen molar-refractivity contribution in [3.63, 3.8) is 0 Å². The molecular weight excluding hydrogens is 673 g/mol. The smallest absolute Gasteiger partial charge is 0.00131 e. The summed E-state index contributed by atoms with van der Waals surface area (Å²) in [5, 5.41) is 5.24. The largest absolute Gasteiger partial charge is 0.0683 e. The fraction of sp³-hybridized carbons (Fsp3) is 0.214. The van der Waals surface area contributed by atoms with E-state index >= 15 is 0 Å². The third-order valence-corrected chi connectivity index (χ3v) is 10.9. The molecule has 0 saturated carbocycles. The quantitative estimate of drug-likeness (QED) is 0.159. The van der Waals surface area contributed by atoms with Crippen LogP contribution >= 0.6 is 0 Å². The molecule has 0 aliphatic heterocycles. The molecule has 0 atom stereocenters. The summed E-state index contributed by atoms with van der Waals surface area (Å²) >= 11 is 0. The van der Waals surface area contributed by atoms with Crippen LogP contribution in [0.25, 0.3) is 66.1 Å². The van der Waals surface area contributed by atoms with Crippen molar-refractivity contribution in [2.75, 3.05) is 0 Å². The van der Waals surface area contributed by atoms with E-state index in [1.54, 1.807) is 0 Å². The van der Waals surface area contributed by atoms with Crippen LogP contribution in [0.1, 0.15) is 81.8 Å². The van der Waals surface area contributed by atoms with E-state index < -0.39 is 0 Å². The minimum absolute atomic E-state index is 0.137. The minimum Gasteiger partial charge on any atom is -0.0683 e. The van der Waals surface area contributed by atoms with Crippen LogP contribution in [0.3, 0.4) is 0 Å². The van der Waals surface area contributed by atoms with Gasteiger partial charge in [-0.25, -0.2) is 0 Å². The van der Waals surface area contributed by atoms with Crippen LogP contribution in [-0.2, 0) is 11.8 Å². The first-order valence-electron chi connectivity index (χ1n) is 20.6. The molecule has 0 bridgehead atoms. The van der Waals surface area contributed by atoms with Gasteiger partial charge in [0.25, 0.3) is 0 Å². The molecule has 0 saturated heterocycles. The van der Waals surface area contributed by atoms with Gasteiger partial charge in [0, 0.05) is 0 Å². The maximum atomic E-state index is 2.44. The van der Waals surface area contributed by atoms with E-state index in [-0.39, 0.29) is 5.41 Å². The highest BCUT2D eigenvalue weighted by Gasteiger charge is 2.22. The zero-order chi connectivity index (χ0) is 40.0. The Morgan fingerprint density at radius 2 is 0.768 bits per heavy atom. The maximum Gasteiger partial charge on any atom is -0.00131 e. The van der Waals surface area contributed by atoms with Gasteiger partial charge in [-0.3, -0.25) is 0 Å². The number of rotatable bonds is 3. The molecule has 0 aromatic heterocycles. The third-order valence-electron chi connectivity index (χ3n) is 10.9. The predicted octanol–water partition coefficient (Wildman–Crippen LogP) is 16.5. The molecular formula is C56H58. The number of aryl methyl sites for hydroxylation is 3. The van der Waals surface area contributed by atoms with E-state index in [0.717, 1.165) is 6.42 Å². The van der Waals surface area contributed by atoms with Crippen molar-refractivity contribution in [3.05, 3.63) is 191 Å². The van der Waals surface area contributed by atoms with E-state index in [9.17, 15) is 0 Å². The van der Waals surface area contributed by atoms with Crippen molar-refractivity contribution in [2.45, 2.75) is 81.1 Å². The molecule has 1 aliphatic rings. The fourth-order valence-electron chi connectivity index (χ4n) is 8.13. The van der Waals surface area contributed by atoms with Crippen molar-refractivity contribution >= 4 is 21.5 Å². The number of fused-ring (bicyclic) bond motifs is 5. The highest BCUT2D eigenvalue weighted by atomic mass is 14.3. The topological polar surface area (TPSA) is 0 Å². The molecule has 0 heterocycles. The third kappa shape index (κ3) is 7.98. The van der Waals surface area contributed by atoms with E-state index in [4.69, 9.17) is 0 Å². The van der Waals surface area contributed by atoms with Gasteiger partial charge in [0.05, 0.1) is 0 Å². The highest BCUT2D eigenvalue weighted by Crippen LogP contribution is 2.46. The second-order valence-corrected chi connectivity index (χ2v) is 15.5. The minimum atomic E-state index is 0.137. The van der Waals surface area contributed by atoms with Gasteiger partial charge in [-0.15, -0.1) is 0 Å². The average Bonchev–Trinajstić information content (AvgIpc) is 3.58. The van der Waals surface area contributed by atoms with Gasteiger partial charge < -0.3 is 0 Å². The average molecular weight is 731 g/mol. The Morgan fingerprint density at radius 3 is 1.23 bits per heavy atom. The molecule has 0 unspecified atom stereocenters. The number of hydrogen-bond donors (Lipinski definition) is 0. The SMILES string of the molecule is CC.CC.Cc1ccc2c(c1)Cc1cc(-c3c4ccccc4c(-c4ccc(C(C)(C)C)cc4)c4ccccc34)ccc1-2.Cc1ccccc1-c1ccccc1C. The summed E-state index contributed by atoms with van der Waals surface area (Å²) in [5.74, 6) is 0. The predicted molar refractivity (Wildman–Crippen MR) is 248 cm³/mol. The Bertz CT molecular complexity index is 2490. The summed E-state index contributed by atoms with van der Waals surface area (Å²) in [7, 11) is 0. The van der Waals surface area contributed by atoms with Crippen LogP contribution < -0.4 is 0 Å². The van der Waals surface area contributed by atoms with Crippen LogP contribution in [0.4, 0.5) is 0 Å². The molecule has 0 spiro atoms. The van der Waals surface area contributed by atoms with Crippen LogP contribution in [-0.4, -0.2) is 0 Å². The summed E-state index contributed by atoms with van der Waals surface area (Å²) in [6, 6.07) is 58.1. The first-order chi connectivity index (χ1) is 27.2. The monoisotopic (exact) mass is 730 g/mol. The first kappa shape index (κ1) is 40.0. The van der Waals surface area contributed by atoms with Gasteiger partial charge in [-0.2, -0.15) is 0 Å². The van der Waals surface area contributed by atoms with Crippen molar-refractivity contribution < 1.29 is 0 Å². The van der Waals surface area contributed by atoms with Gasteiger partial charge in [0.2, 0.25) is 0 Å². The second kappa shape index (κ2) is 17.4. The highest BCUT2D eigenvalue weighted by molar-refractivity contribution is 6.21. The zero-order valence-corrected chi connectivity index (χ0v) is 35.2. The normalized spacial score (nSPS) is 11.3. The van der Waals surface area contributed by atoms with Gasteiger partial charge in [0.15, 0.2) is 0 Å². The van der Waals surface area contributed by atoms with Crippen LogP contribution in [0.2, 0.25) is 0 Å². The molecule has 0 heteroatoms. The molecule has 9 rings (SSSR count). The number of hydrogen-bond acceptors (Lipinski definition) is 0. The van der Waals surface area contributed by atoms with Crippen molar-refractivity contribution in [3.8, 4) is 44.5 Å². The van der Waals surface area contributed by atoms with E-state index in [2.05, 4.69) is 199 Å². The fourth-order valence-corrected chi connectivity index (χ4v) is 8.13. The summed E-state index contributed by atoms with van der Waals surface area (Å²) < 4.78 is 0. The van der Waals surface area contributed by atoms with Gasteiger partial charge in [0.1, 0.15) is 0 Å². The Hall–Kier alpha value is -5.72. The van der Waals surface area contributed by atoms with Crippen molar-refractivity contribution in [2.24, 2.45) is 0 Å². The summed E-state index contributed by atoms with van der Waals surface area (Å²) in [6.45, 7) is 21.3. The van der Waals surface area contributed by atoms with Crippen LogP contribution in [0, 0.1) is 20.8 Å². The first-order valence-corrected chi connectivity index (χ1v) is 20.6. The van der Waals surface area contributed by atoms with Crippen LogP contribution in [0.5, 0.6) is 0 Å². The molecule has 8 aromatic rings. The van der Waals surface area contributed by atoms with Crippen LogP contribution in [0.15, 0.2) is 158 Å². The second-order valence-electron chi connectivity index (χ2n) is 15.5. The standard InChI is InChI=1S/C38H32.C14H14.2C2H6/c1-24-13-19-30-27(21-24)23-28-22-26(16-20-31(28)30)37-34-11-7-5-9-32(34)36(33-10-6-8-12-35(33)37)25-14-17-29(18-15-25)38(2,3)4;1-11-7-3-5-9-13(11)14-10-6-4-8-12(14)2;2*1-2/h5-22H,23H2,1-4H3;3-10H,1-2H3;2*1-2H3. The Balaban J connectivity index is 0.000000247. The van der Waals surface area contributed by atoms with E-state index in [0.29, 0.717) is 0 Å². The Morgan fingerprint density at radius 1 is 0.375 bits per heavy atom. The molecule has 8 aromatic carbocycles. The lowest BCUT2D eigenvalue weighted by molar-refractivity contribution is 0.590. The Labute approximate surface area is 336 Å². The zero-order valence-electron chi connectivity index (χ0n) is 35.2. The van der Waals surface area contributed by atoms with Gasteiger partial charge in [-0.1, -0.05) is 212 Å². The molecule has 0 nitrogen and oxygen atoms in total. The van der Waals surface area contributed by atoms with E-state index in [1.807, 2.05) is 27.7 Å². The lowest BCUT2D eigenvalue weighted by atomic mass is 9.83. The summed E-state index contributed by atoms with van der Waals surface area (Å²) in [6.07, 6.45) is 1.01. The Kier molecular flexibility index (Phi) is 12.4. The molecule has 0 N–H and O–H groups in total. The molecule has 282 valence electrons. The van der Waals surface area contributed by atoms with Crippen molar-refractivity contribution in [1.29, 1.82) is 0 Å². The van der Waals surface area contributed by atoms with Crippen molar-refractivity contribution in [1.82, 2.24) is 0 Å². The lowest BCUT2D eigenvalue weighted by Gasteiger charge is -2.21. The molecule has 56 heavy (non-hydrogen) atoms. The maximum absolute atomic E-state index is 2.44. The number of benzene rings is 8. The van der Waals surface area contributed by atoms with Gasteiger partial charge in [-0.05, 0) is 126 Å². The summed E-state index contributed by atoms with van der Waals surface area (Å²) in [5.41, 5.74) is 19.1. The summed E-state index contributed by atoms with van der Waals surface area (Å²) in [4.78, 5) is 0. The van der Waals surface area contributed by atoms with E-state index in [1.165, 1.54) is 99.4 Å².